The van der Waals surface area contributed by atoms with E-state index >= 15 is 0 Å². The number of halogens is 1. The van der Waals surface area contributed by atoms with Crippen LogP contribution in [0.1, 0.15) is 11.1 Å². The van der Waals surface area contributed by atoms with Crippen LogP contribution in [0.5, 0.6) is 0 Å². The quantitative estimate of drug-likeness (QED) is 0.877. The topological polar surface area (TPSA) is 43.8 Å². The Kier molecular flexibility index (Phi) is 4.10. The molecule has 1 aromatic carbocycles. The maximum atomic E-state index is 13.1. The first kappa shape index (κ1) is 12.8. The molecule has 0 fully saturated rings. The summed E-state index contributed by atoms with van der Waals surface area (Å²) < 4.78 is 14.9. The van der Waals surface area contributed by atoms with Crippen molar-refractivity contribution in [2.75, 3.05) is 6.54 Å². The van der Waals surface area contributed by atoms with Crippen molar-refractivity contribution in [3.05, 3.63) is 53.6 Å². The number of hydrogen-bond acceptors (Lipinski definition) is 2. The van der Waals surface area contributed by atoms with E-state index in [1.807, 2.05) is 25.5 Å². The third-order valence-electron chi connectivity index (χ3n) is 3.03. The summed E-state index contributed by atoms with van der Waals surface area (Å²) in [4.78, 5) is 0. The zero-order chi connectivity index (χ0) is 13.0. The van der Waals surface area contributed by atoms with Crippen LogP contribution in [0, 0.1) is 11.7 Å². The van der Waals surface area contributed by atoms with E-state index < -0.39 is 0 Å². The molecule has 0 aliphatic carbocycles. The van der Waals surface area contributed by atoms with Crippen LogP contribution in [0.25, 0.3) is 0 Å². The molecular formula is C14H18FN3. The Labute approximate surface area is 106 Å². The molecule has 0 saturated carbocycles. The molecule has 0 radical (unpaired) electrons. The Morgan fingerprint density at radius 3 is 2.72 bits per heavy atom. The van der Waals surface area contributed by atoms with Crippen molar-refractivity contribution < 1.29 is 4.39 Å². The molecule has 0 aliphatic heterocycles. The van der Waals surface area contributed by atoms with E-state index in [1.54, 1.807) is 16.8 Å². The zero-order valence-electron chi connectivity index (χ0n) is 10.5. The minimum Gasteiger partial charge on any atom is -0.330 e. The molecule has 1 heterocycles. The van der Waals surface area contributed by atoms with Gasteiger partial charge in [-0.3, -0.25) is 4.68 Å². The summed E-state index contributed by atoms with van der Waals surface area (Å²) in [6.07, 6.45) is 5.52. The third-order valence-corrected chi connectivity index (χ3v) is 3.03. The highest BCUT2D eigenvalue weighted by atomic mass is 19.1. The molecule has 4 heteroatoms. The number of rotatable bonds is 5. The molecule has 2 aromatic rings. The highest BCUT2D eigenvalue weighted by Gasteiger charge is 2.10. The van der Waals surface area contributed by atoms with Crippen LogP contribution in [0.3, 0.4) is 0 Å². The molecule has 3 nitrogen and oxygen atoms in total. The van der Waals surface area contributed by atoms with Crippen molar-refractivity contribution in [3.8, 4) is 0 Å². The van der Waals surface area contributed by atoms with Crippen molar-refractivity contribution in [2.24, 2.45) is 18.7 Å². The first-order valence-electron chi connectivity index (χ1n) is 6.09. The van der Waals surface area contributed by atoms with Crippen molar-refractivity contribution in [1.82, 2.24) is 9.78 Å². The van der Waals surface area contributed by atoms with Gasteiger partial charge in [-0.2, -0.15) is 5.10 Å². The van der Waals surface area contributed by atoms with Gasteiger partial charge >= 0.3 is 0 Å². The molecule has 0 saturated heterocycles. The van der Waals surface area contributed by atoms with Gasteiger partial charge in [0.15, 0.2) is 0 Å². The van der Waals surface area contributed by atoms with Crippen molar-refractivity contribution in [1.29, 1.82) is 0 Å². The van der Waals surface area contributed by atoms with Gasteiger partial charge in [0.25, 0.3) is 0 Å². The number of nitrogens with two attached hydrogens (primary N) is 1. The van der Waals surface area contributed by atoms with E-state index in [2.05, 4.69) is 5.10 Å². The van der Waals surface area contributed by atoms with Gasteiger partial charge in [-0.05, 0) is 48.6 Å². The lowest BCUT2D eigenvalue weighted by Crippen LogP contribution is -2.19. The lowest BCUT2D eigenvalue weighted by Gasteiger charge is -2.13. The summed E-state index contributed by atoms with van der Waals surface area (Å²) >= 11 is 0. The van der Waals surface area contributed by atoms with Gasteiger partial charge < -0.3 is 5.73 Å². The van der Waals surface area contributed by atoms with Crippen LogP contribution in [-0.2, 0) is 19.9 Å². The smallest absolute Gasteiger partial charge is 0.123 e. The summed E-state index contributed by atoms with van der Waals surface area (Å²) in [7, 11) is 1.90. The Hall–Kier alpha value is -1.68. The molecule has 0 amide bonds. The first-order chi connectivity index (χ1) is 8.67. The highest BCUT2D eigenvalue weighted by Crippen LogP contribution is 2.14. The van der Waals surface area contributed by atoms with E-state index in [0.29, 0.717) is 12.5 Å². The van der Waals surface area contributed by atoms with Gasteiger partial charge in [-0.15, -0.1) is 0 Å². The van der Waals surface area contributed by atoms with Gasteiger partial charge in [0.05, 0.1) is 6.20 Å². The van der Waals surface area contributed by atoms with Crippen LogP contribution >= 0.6 is 0 Å². The van der Waals surface area contributed by atoms with Crippen molar-refractivity contribution in [3.63, 3.8) is 0 Å². The van der Waals surface area contributed by atoms with Gasteiger partial charge in [0.1, 0.15) is 5.82 Å². The van der Waals surface area contributed by atoms with Crippen LogP contribution < -0.4 is 5.73 Å². The second-order valence-corrected chi connectivity index (χ2v) is 4.66. The second kappa shape index (κ2) is 5.78. The molecule has 18 heavy (non-hydrogen) atoms. The SMILES string of the molecule is Cn1cc(CC(CN)Cc2cccc(F)c2)cn1. The van der Waals surface area contributed by atoms with Gasteiger partial charge in [-0.25, -0.2) is 4.39 Å². The Bertz CT molecular complexity index is 507. The van der Waals surface area contributed by atoms with Gasteiger partial charge in [0.2, 0.25) is 0 Å². The number of aromatic nitrogens is 2. The molecular weight excluding hydrogens is 229 g/mol. The fourth-order valence-corrected chi connectivity index (χ4v) is 2.15. The summed E-state index contributed by atoms with van der Waals surface area (Å²) in [5.74, 6) is 0.126. The summed E-state index contributed by atoms with van der Waals surface area (Å²) in [5, 5.41) is 4.14. The molecule has 96 valence electrons. The molecule has 1 aromatic heterocycles. The van der Waals surface area contributed by atoms with Crippen LogP contribution in [0.2, 0.25) is 0 Å². The second-order valence-electron chi connectivity index (χ2n) is 4.66. The molecule has 0 aliphatic rings. The van der Waals surface area contributed by atoms with Crippen molar-refractivity contribution in [2.45, 2.75) is 12.8 Å². The summed E-state index contributed by atoms with van der Waals surface area (Å²) in [6, 6.07) is 6.71. The Morgan fingerprint density at radius 1 is 1.33 bits per heavy atom. The van der Waals surface area contributed by atoms with E-state index in [1.165, 1.54) is 11.6 Å². The monoisotopic (exact) mass is 247 g/mol. The summed E-state index contributed by atoms with van der Waals surface area (Å²) in [5.41, 5.74) is 7.96. The van der Waals surface area contributed by atoms with Gasteiger partial charge in [0, 0.05) is 13.2 Å². The van der Waals surface area contributed by atoms with Crippen LogP contribution in [0.15, 0.2) is 36.7 Å². The van der Waals surface area contributed by atoms with Gasteiger partial charge in [-0.1, -0.05) is 12.1 Å². The van der Waals surface area contributed by atoms with E-state index in [-0.39, 0.29) is 5.82 Å². The lowest BCUT2D eigenvalue weighted by molar-refractivity contribution is 0.530. The van der Waals surface area contributed by atoms with E-state index in [9.17, 15) is 4.39 Å². The predicted octanol–water partition coefficient (Wildman–Crippen LogP) is 1.92. The molecule has 2 rings (SSSR count). The third kappa shape index (κ3) is 3.40. The first-order valence-corrected chi connectivity index (χ1v) is 6.09. The largest absolute Gasteiger partial charge is 0.330 e. The Balaban J connectivity index is 2.01. The van der Waals surface area contributed by atoms with Crippen molar-refractivity contribution >= 4 is 0 Å². The standard InChI is InChI=1S/C14H18FN3/c1-18-10-13(9-17-18)6-12(8-16)5-11-3-2-4-14(15)7-11/h2-4,7,9-10,12H,5-6,8,16H2,1H3. The number of aryl methyl sites for hydroxylation is 1. The molecule has 1 atom stereocenters. The zero-order valence-corrected chi connectivity index (χ0v) is 10.5. The van der Waals surface area contributed by atoms with E-state index in [0.717, 1.165) is 18.4 Å². The predicted molar refractivity (Wildman–Crippen MR) is 69.6 cm³/mol. The normalized spacial score (nSPS) is 12.6. The number of benzene rings is 1. The molecule has 1 unspecified atom stereocenters. The maximum Gasteiger partial charge on any atom is 0.123 e. The average Bonchev–Trinajstić information content (AvgIpc) is 2.74. The van der Waals surface area contributed by atoms with Crippen LogP contribution in [0.4, 0.5) is 4.39 Å². The average molecular weight is 247 g/mol. The minimum atomic E-state index is -0.190. The molecule has 0 bridgehead atoms. The highest BCUT2D eigenvalue weighted by molar-refractivity contribution is 5.17. The minimum absolute atomic E-state index is 0.190. The Morgan fingerprint density at radius 2 is 2.11 bits per heavy atom. The molecule has 0 spiro atoms. The fraction of sp³-hybridized carbons (Fsp3) is 0.357. The maximum absolute atomic E-state index is 13.1. The fourth-order valence-electron chi connectivity index (χ4n) is 2.15. The number of nitrogens with zero attached hydrogens (tertiary/aromatic N) is 2. The summed E-state index contributed by atoms with van der Waals surface area (Å²) in [6.45, 7) is 0.589. The van der Waals surface area contributed by atoms with Crippen LogP contribution in [-0.4, -0.2) is 16.3 Å². The number of hydrogen-bond donors (Lipinski definition) is 1. The van der Waals surface area contributed by atoms with E-state index in [4.69, 9.17) is 5.73 Å². The molecule has 2 N–H and O–H groups in total. The lowest BCUT2D eigenvalue weighted by atomic mass is 9.94.